The molecule has 0 heterocycles. The second-order valence-electron chi connectivity index (χ2n) is 3.57. The molecular weight excluding hydrogens is 258 g/mol. The van der Waals surface area contributed by atoms with Crippen LogP contribution in [0.2, 0.25) is 0 Å². The molecule has 0 aliphatic heterocycles. The fourth-order valence-corrected chi connectivity index (χ4v) is 1.90. The maximum Gasteiger partial charge on any atom is 0.335 e. The monoisotopic (exact) mass is 271 g/mol. The number of ether oxygens (including phenoxy) is 1. The number of nitrogens with two attached hydrogens (primary N) is 1. The molecule has 18 heavy (non-hydrogen) atoms. The minimum absolute atomic E-state index is 0.00472. The average molecular weight is 271 g/mol. The molecule has 0 saturated carbocycles. The van der Waals surface area contributed by atoms with E-state index in [1.54, 1.807) is 6.92 Å². The van der Waals surface area contributed by atoms with Crippen LogP contribution in [0.3, 0.4) is 0 Å². The number of hydrogen-bond donors (Lipinski definition) is 2. The minimum atomic E-state index is -4.07. The Hall–Kier alpha value is -1.86. The van der Waals surface area contributed by atoms with E-state index in [4.69, 9.17) is 15.0 Å². The van der Waals surface area contributed by atoms with Crippen LogP contribution in [-0.2, 0) is 10.0 Å². The van der Waals surface area contributed by atoms with Gasteiger partial charge in [0.15, 0.2) is 0 Å². The lowest BCUT2D eigenvalue weighted by atomic mass is 10.2. The van der Waals surface area contributed by atoms with Crippen molar-refractivity contribution in [2.24, 2.45) is 5.14 Å². The van der Waals surface area contributed by atoms with Gasteiger partial charge in [-0.15, -0.1) is 0 Å². The predicted octanol–water partition coefficient (Wildman–Crippen LogP) is 0.986. The fourth-order valence-electron chi connectivity index (χ4n) is 1.21. The van der Waals surface area contributed by atoms with Crippen molar-refractivity contribution in [3.05, 3.63) is 36.4 Å². The Bertz CT molecular complexity index is 579. The topological polar surface area (TPSA) is 107 Å². The van der Waals surface area contributed by atoms with E-state index in [0.717, 1.165) is 6.07 Å². The van der Waals surface area contributed by atoms with Gasteiger partial charge in [0.05, 0.1) is 5.56 Å². The summed E-state index contributed by atoms with van der Waals surface area (Å²) in [6, 6.07) is 3.45. The summed E-state index contributed by atoms with van der Waals surface area (Å²) < 4.78 is 28.0. The number of aromatic carboxylic acids is 1. The van der Waals surface area contributed by atoms with E-state index >= 15 is 0 Å². The summed E-state index contributed by atoms with van der Waals surface area (Å²) in [6.45, 7) is 5.15. The van der Waals surface area contributed by atoms with Gasteiger partial charge >= 0.3 is 5.97 Å². The molecular formula is C11H13NO5S. The highest BCUT2D eigenvalue weighted by Crippen LogP contribution is 2.25. The molecule has 0 fully saturated rings. The SMILES string of the molecule is C=CC(C)Oc1ccc(C(=O)O)cc1S(N)(=O)=O. The molecule has 6 nitrogen and oxygen atoms in total. The van der Waals surface area contributed by atoms with Crippen LogP contribution in [0.5, 0.6) is 5.75 Å². The zero-order valence-corrected chi connectivity index (χ0v) is 10.5. The molecule has 0 aliphatic carbocycles. The number of carbonyl (C=O) groups is 1. The maximum atomic E-state index is 11.4. The Morgan fingerprint density at radius 1 is 1.56 bits per heavy atom. The molecule has 3 N–H and O–H groups in total. The predicted molar refractivity (Wildman–Crippen MR) is 65.1 cm³/mol. The van der Waals surface area contributed by atoms with Crippen LogP contribution in [-0.4, -0.2) is 25.6 Å². The normalized spacial score (nSPS) is 12.8. The number of sulfonamides is 1. The number of carboxylic acids is 1. The number of rotatable bonds is 5. The molecule has 1 atom stereocenters. The molecule has 98 valence electrons. The third-order valence-electron chi connectivity index (χ3n) is 2.14. The Morgan fingerprint density at radius 2 is 2.17 bits per heavy atom. The summed E-state index contributed by atoms with van der Waals surface area (Å²) in [7, 11) is -4.07. The van der Waals surface area contributed by atoms with E-state index in [-0.39, 0.29) is 16.2 Å². The summed E-state index contributed by atoms with van der Waals surface area (Å²) in [6.07, 6.45) is 1.04. The van der Waals surface area contributed by atoms with Crippen molar-refractivity contribution in [3.63, 3.8) is 0 Å². The first-order chi connectivity index (χ1) is 8.25. The van der Waals surface area contributed by atoms with Crippen LogP contribution < -0.4 is 9.88 Å². The van der Waals surface area contributed by atoms with Gasteiger partial charge < -0.3 is 9.84 Å². The Labute approximate surface area is 105 Å². The maximum absolute atomic E-state index is 11.4. The van der Waals surface area contributed by atoms with Crippen molar-refractivity contribution < 1.29 is 23.1 Å². The number of primary sulfonamides is 1. The van der Waals surface area contributed by atoms with Gasteiger partial charge in [0.25, 0.3) is 0 Å². The van der Waals surface area contributed by atoms with Crippen molar-refractivity contribution in [2.75, 3.05) is 0 Å². The van der Waals surface area contributed by atoms with Gasteiger partial charge in [0.1, 0.15) is 16.7 Å². The molecule has 1 unspecified atom stereocenters. The quantitative estimate of drug-likeness (QED) is 0.776. The first-order valence-corrected chi connectivity index (χ1v) is 6.49. The summed E-state index contributed by atoms with van der Waals surface area (Å²) in [5, 5.41) is 13.8. The van der Waals surface area contributed by atoms with E-state index in [9.17, 15) is 13.2 Å². The van der Waals surface area contributed by atoms with Gasteiger partial charge in [-0.3, -0.25) is 0 Å². The molecule has 0 amide bonds. The van der Waals surface area contributed by atoms with Gasteiger partial charge in [-0.2, -0.15) is 0 Å². The van der Waals surface area contributed by atoms with Gasteiger partial charge in [-0.25, -0.2) is 18.4 Å². The molecule has 0 bridgehead atoms. The zero-order valence-electron chi connectivity index (χ0n) is 9.66. The smallest absolute Gasteiger partial charge is 0.335 e. The van der Waals surface area contributed by atoms with E-state index in [1.165, 1.54) is 18.2 Å². The van der Waals surface area contributed by atoms with Crippen LogP contribution in [0.4, 0.5) is 0 Å². The molecule has 7 heteroatoms. The Kier molecular flexibility index (Phi) is 4.10. The molecule has 0 aromatic heterocycles. The van der Waals surface area contributed by atoms with Gasteiger partial charge in [-0.1, -0.05) is 12.7 Å². The van der Waals surface area contributed by atoms with Crippen molar-refractivity contribution in [3.8, 4) is 5.75 Å². The van der Waals surface area contributed by atoms with Crippen LogP contribution >= 0.6 is 0 Å². The van der Waals surface area contributed by atoms with Crippen molar-refractivity contribution in [1.29, 1.82) is 0 Å². The highest BCUT2D eigenvalue weighted by molar-refractivity contribution is 7.89. The molecule has 1 aromatic carbocycles. The van der Waals surface area contributed by atoms with E-state index in [2.05, 4.69) is 6.58 Å². The van der Waals surface area contributed by atoms with Crippen molar-refractivity contribution >= 4 is 16.0 Å². The molecule has 0 saturated heterocycles. The van der Waals surface area contributed by atoms with Crippen molar-refractivity contribution in [1.82, 2.24) is 0 Å². The van der Waals surface area contributed by atoms with E-state index in [1.807, 2.05) is 0 Å². The Morgan fingerprint density at radius 3 is 2.61 bits per heavy atom. The number of benzene rings is 1. The first kappa shape index (κ1) is 14.2. The minimum Gasteiger partial charge on any atom is -0.485 e. The van der Waals surface area contributed by atoms with Crippen LogP contribution in [0.25, 0.3) is 0 Å². The highest BCUT2D eigenvalue weighted by Gasteiger charge is 2.19. The highest BCUT2D eigenvalue weighted by atomic mass is 32.2. The van der Waals surface area contributed by atoms with Crippen LogP contribution in [0.15, 0.2) is 35.7 Å². The lowest BCUT2D eigenvalue weighted by Crippen LogP contribution is -2.17. The summed E-state index contributed by atoms with van der Waals surface area (Å²) >= 11 is 0. The summed E-state index contributed by atoms with van der Waals surface area (Å²) in [4.78, 5) is 10.4. The molecule has 1 aromatic rings. The van der Waals surface area contributed by atoms with Gasteiger partial charge in [0, 0.05) is 0 Å². The van der Waals surface area contributed by atoms with Gasteiger partial charge in [0.2, 0.25) is 10.0 Å². The number of carboxylic acid groups (broad SMARTS) is 1. The van der Waals surface area contributed by atoms with Gasteiger partial charge in [-0.05, 0) is 25.1 Å². The fraction of sp³-hybridized carbons (Fsp3) is 0.182. The third kappa shape index (κ3) is 3.31. The number of hydrogen-bond acceptors (Lipinski definition) is 4. The second-order valence-corrected chi connectivity index (χ2v) is 5.10. The Balaban J connectivity index is 3.35. The molecule has 1 rings (SSSR count). The third-order valence-corrected chi connectivity index (χ3v) is 3.07. The summed E-state index contributed by atoms with van der Waals surface area (Å²) in [5.41, 5.74) is -0.183. The van der Waals surface area contributed by atoms with Crippen LogP contribution in [0.1, 0.15) is 17.3 Å². The average Bonchev–Trinajstić information content (AvgIpc) is 2.27. The van der Waals surface area contributed by atoms with Crippen LogP contribution in [0, 0.1) is 0 Å². The van der Waals surface area contributed by atoms with E-state index in [0.29, 0.717) is 0 Å². The molecule has 0 radical (unpaired) electrons. The second kappa shape index (κ2) is 5.19. The lowest BCUT2D eigenvalue weighted by Gasteiger charge is -2.14. The molecule has 0 spiro atoms. The zero-order chi connectivity index (χ0) is 13.9. The first-order valence-electron chi connectivity index (χ1n) is 4.95. The largest absolute Gasteiger partial charge is 0.485 e. The summed E-state index contributed by atoms with van der Waals surface area (Å²) in [5.74, 6) is -1.25. The standard InChI is InChI=1S/C11H13NO5S/c1-3-7(2)17-9-5-4-8(11(13)14)6-10(9)18(12,15)16/h3-7H,1H2,2H3,(H,13,14)(H2,12,15,16). The lowest BCUT2D eigenvalue weighted by molar-refractivity contribution is 0.0696. The molecule has 0 aliphatic rings. The van der Waals surface area contributed by atoms with Crippen molar-refractivity contribution in [2.45, 2.75) is 17.9 Å². The van der Waals surface area contributed by atoms with E-state index < -0.39 is 22.1 Å².